The Morgan fingerprint density at radius 3 is 2.70 bits per heavy atom. The average Bonchev–Trinajstić information content (AvgIpc) is 2.87. The van der Waals surface area contributed by atoms with Gasteiger partial charge in [-0.05, 0) is 13.8 Å². The molecule has 0 radical (unpaired) electrons. The predicted octanol–water partition coefficient (Wildman–Crippen LogP) is -0.221. The van der Waals surface area contributed by atoms with Crippen molar-refractivity contribution in [3.8, 4) is 0 Å². The Bertz CT molecular complexity index is 675. The second kappa shape index (κ2) is 5.64. The summed E-state index contributed by atoms with van der Waals surface area (Å²) in [5.74, 6) is -0.945. The minimum Gasteiger partial charge on any atom is -0.481 e. The molecule has 0 aliphatic rings. The summed E-state index contributed by atoms with van der Waals surface area (Å²) in [6.45, 7) is 4.22. The first-order valence-electron chi connectivity index (χ1n) is 6.12. The van der Waals surface area contributed by atoms with Crippen molar-refractivity contribution in [2.24, 2.45) is 0 Å². The molecule has 0 bridgehead atoms. The highest BCUT2D eigenvalue weighted by atomic mass is 16.4. The van der Waals surface area contributed by atoms with E-state index in [-0.39, 0.29) is 12.1 Å². The Kier molecular flexibility index (Phi) is 3.92. The van der Waals surface area contributed by atoms with Crippen molar-refractivity contribution in [2.75, 3.05) is 0 Å². The van der Waals surface area contributed by atoms with E-state index in [4.69, 9.17) is 5.11 Å². The zero-order chi connectivity index (χ0) is 14.7. The molecular formula is C12H15N5O3. The van der Waals surface area contributed by atoms with E-state index in [1.165, 1.54) is 4.57 Å². The topological polar surface area (TPSA) is 103 Å². The van der Waals surface area contributed by atoms with Gasteiger partial charge in [0.2, 0.25) is 0 Å². The maximum absolute atomic E-state index is 11.9. The van der Waals surface area contributed by atoms with E-state index in [1.807, 2.05) is 0 Å². The second-order valence-corrected chi connectivity index (χ2v) is 4.43. The minimum atomic E-state index is -0.945. The summed E-state index contributed by atoms with van der Waals surface area (Å²) in [5.41, 5.74) is 1.29. The van der Waals surface area contributed by atoms with Crippen LogP contribution in [0.3, 0.4) is 0 Å². The number of hydrogen-bond acceptors (Lipinski definition) is 5. The highest BCUT2D eigenvalue weighted by molar-refractivity contribution is 5.70. The number of carboxylic acids is 1. The van der Waals surface area contributed by atoms with Gasteiger partial charge in [0.1, 0.15) is 0 Å². The maximum Gasteiger partial charge on any atom is 0.348 e. The Balaban J connectivity index is 2.32. The summed E-state index contributed by atoms with van der Waals surface area (Å²) in [5, 5.41) is 16.4. The standard InChI is InChI=1S/C12H15N5O3/c1-8-10(7-11(18)19)9(2)17(12(20)14-8)6-5-16-4-3-13-15-16/h3-4H,5-7H2,1-2H3,(H,18,19). The first-order chi connectivity index (χ1) is 9.49. The third-order valence-electron chi connectivity index (χ3n) is 3.13. The summed E-state index contributed by atoms with van der Waals surface area (Å²) in [6, 6.07) is 0. The fourth-order valence-electron chi connectivity index (χ4n) is 2.06. The Morgan fingerprint density at radius 1 is 1.35 bits per heavy atom. The quantitative estimate of drug-likeness (QED) is 0.810. The van der Waals surface area contributed by atoms with Gasteiger partial charge in [-0.3, -0.25) is 14.0 Å². The maximum atomic E-state index is 11.9. The van der Waals surface area contributed by atoms with Crippen LogP contribution in [0.15, 0.2) is 17.2 Å². The highest BCUT2D eigenvalue weighted by Gasteiger charge is 2.14. The van der Waals surface area contributed by atoms with Gasteiger partial charge in [0.25, 0.3) is 0 Å². The lowest BCUT2D eigenvalue weighted by Crippen LogP contribution is -2.30. The third kappa shape index (κ3) is 2.90. The van der Waals surface area contributed by atoms with Gasteiger partial charge < -0.3 is 5.11 Å². The lowest BCUT2D eigenvalue weighted by atomic mass is 10.1. The van der Waals surface area contributed by atoms with Crippen LogP contribution >= 0.6 is 0 Å². The first kappa shape index (κ1) is 13.9. The van der Waals surface area contributed by atoms with E-state index in [1.54, 1.807) is 30.9 Å². The molecule has 0 unspecified atom stereocenters. The van der Waals surface area contributed by atoms with Gasteiger partial charge >= 0.3 is 11.7 Å². The van der Waals surface area contributed by atoms with Crippen molar-refractivity contribution in [1.29, 1.82) is 0 Å². The van der Waals surface area contributed by atoms with Crippen LogP contribution < -0.4 is 5.69 Å². The molecule has 0 aromatic carbocycles. The molecule has 2 heterocycles. The molecule has 0 amide bonds. The molecule has 0 saturated heterocycles. The molecule has 106 valence electrons. The largest absolute Gasteiger partial charge is 0.481 e. The molecule has 2 rings (SSSR count). The van der Waals surface area contributed by atoms with Gasteiger partial charge in [-0.2, -0.15) is 4.98 Å². The van der Waals surface area contributed by atoms with Crippen LogP contribution in [0.25, 0.3) is 0 Å². The predicted molar refractivity (Wildman–Crippen MR) is 69.3 cm³/mol. The Labute approximate surface area is 114 Å². The second-order valence-electron chi connectivity index (χ2n) is 4.43. The number of aryl methyl sites for hydroxylation is 2. The van der Waals surface area contributed by atoms with Crippen molar-refractivity contribution < 1.29 is 9.90 Å². The number of aliphatic carboxylic acids is 1. The van der Waals surface area contributed by atoms with Crippen LogP contribution in [0.2, 0.25) is 0 Å². The smallest absolute Gasteiger partial charge is 0.348 e. The number of nitrogens with zero attached hydrogens (tertiary/aromatic N) is 5. The van der Waals surface area contributed by atoms with Crippen molar-refractivity contribution in [1.82, 2.24) is 24.5 Å². The Hall–Kier alpha value is -2.51. The summed E-state index contributed by atoms with van der Waals surface area (Å²) in [6.07, 6.45) is 3.10. The molecule has 20 heavy (non-hydrogen) atoms. The van der Waals surface area contributed by atoms with E-state index in [9.17, 15) is 9.59 Å². The molecular weight excluding hydrogens is 262 g/mol. The fourth-order valence-corrected chi connectivity index (χ4v) is 2.06. The molecule has 0 aliphatic carbocycles. The SMILES string of the molecule is Cc1nc(=O)n(CCn2ccnn2)c(C)c1CC(=O)O. The monoisotopic (exact) mass is 277 g/mol. The van der Waals surface area contributed by atoms with E-state index >= 15 is 0 Å². The average molecular weight is 277 g/mol. The number of carboxylic acid groups (broad SMARTS) is 1. The fraction of sp³-hybridized carbons (Fsp3) is 0.417. The molecule has 0 fully saturated rings. The lowest BCUT2D eigenvalue weighted by Gasteiger charge is -2.14. The van der Waals surface area contributed by atoms with Crippen molar-refractivity contribution in [2.45, 2.75) is 33.4 Å². The zero-order valence-electron chi connectivity index (χ0n) is 11.3. The van der Waals surface area contributed by atoms with E-state index in [0.717, 1.165) is 0 Å². The molecule has 2 aromatic rings. The van der Waals surface area contributed by atoms with Crippen molar-refractivity contribution in [3.63, 3.8) is 0 Å². The van der Waals surface area contributed by atoms with E-state index < -0.39 is 5.97 Å². The molecule has 0 aliphatic heterocycles. The van der Waals surface area contributed by atoms with Crippen molar-refractivity contribution >= 4 is 5.97 Å². The van der Waals surface area contributed by atoms with Gasteiger partial charge in [0, 0.05) is 29.7 Å². The molecule has 0 atom stereocenters. The van der Waals surface area contributed by atoms with Crippen LogP contribution in [0.5, 0.6) is 0 Å². The molecule has 0 saturated carbocycles. The van der Waals surface area contributed by atoms with Gasteiger partial charge in [-0.15, -0.1) is 5.10 Å². The molecule has 8 heteroatoms. The summed E-state index contributed by atoms with van der Waals surface area (Å²) in [4.78, 5) is 26.7. The van der Waals surface area contributed by atoms with Crippen LogP contribution in [-0.2, 0) is 24.3 Å². The normalized spacial score (nSPS) is 10.7. The number of hydrogen-bond donors (Lipinski definition) is 1. The van der Waals surface area contributed by atoms with Gasteiger partial charge in [0.05, 0.1) is 19.2 Å². The van der Waals surface area contributed by atoms with Crippen LogP contribution in [0.1, 0.15) is 17.0 Å². The first-order valence-corrected chi connectivity index (χ1v) is 6.12. The van der Waals surface area contributed by atoms with Crippen LogP contribution in [-0.4, -0.2) is 35.6 Å². The molecule has 8 nitrogen and oxygen atoms in total. The number of carbonyl (C=O) groups is 1. The van der Waals surface area contributed by atoms with Crippen LogP contribution in [0.4, 0.5) is 0 Å². The zero-order valence-corrected chi connectivity index (χ0v) is 11.3. The molecule has 1 N–H and O–H groups in total. The van der Waals surface area contributed by atoms with Gasteiger partial charge in [-0.1, -0.05) is 5.21 Å². The Morgan fingerprint density at radius 2 is 2.10 bits per heavy atom. The molecule has 0 spiro atoms. The van der Waals surface area contributed by atoms with E-state index in [0.29, 0.717) is 30.0 Å². The minimum absolute atomic E-state index is 0.145. The van der Waals surface area contributed by atoms with Crippen LogP contribution in [0, 0.1) is 13.8 Å². The lowest BCUT2D eigenvalue weighted by molar-refractivity contribution is -0.136. The summed E-state index contributed by atoms with van der Waals surface area (Å²) < 4.78 is 3.07. The highest BCUT2D eigenvalue weighted by Crippen LogP contribution is 2.10. The van der Waals surface area contributed by atoms with Crippen molar-refractivity contribution in [3.05, 3.63) is 39.8 Å². The molecule has 2 aromatic heterocycles. The third-order valence-corrected chi connectivity index (χ3v) is 3.13. The van der Waals surface area contributed by atoms with E-state index in [2.05, 4.69) is 15.3 Å². The summed E-state index contributed by atoms with van der Waals surface area (Å²) in [7, 11) is 0. The number of aromatic nitrogens is 5. The number of rotatable bonds is 5. The van der Waals surface area contributed by atoms with Gasteiger partial charge in [-0.25, -0.2) is 4.79 Å². The summed E-state index contributed by atoms with van der Waals surface area (Å²) >= 11 is 0. The van der Waals surface area contributed by atoms with Gasteiger partial charge in [0.15, 0.2) is 0 Å².